The Morgan fingerprint density at radius 3 is 2.78 bits per heavy atom. The van der Waals surface area contributed by atoms with Crippen molar-refractivity contribution in [3.05, 3.63) is 45.9 Å². The molecule has 0 unspecified atom stereocenters. The second-order valence-corrected chi connectivity index (χ2v) is 5.75. The minimum absolute atomic E-state index is 0.305. The fourth-order valence-electron chi connectivity index (χ4n) is 1.46. The number of aryl methyl sites for hydroxylation is 1. The summed E-state index contributed by atoms with van der Waals surface area (Å²) in [6.45, 7) is 1.83. The predicted octanol–water partition coefficient (Wildman–Crippen LogP) is 3.53. The number of ether oxygens (including phenoxy) is 1. The molecule has 0 amide bonds. The largest absolute Gasteiger partial charge is 0.465 e. The summed E-state index contributed by atoms with van der Waals surface area (Å²) in [7, 11) is 1.39. The average Bonchev–Trinajstić information content (AvgIpc) is 2.78. The zero-order valence-corrected chi connectivity index (χ0v) is 11.8. The molecule has 5 heteroatoms. The third-order valence-electron chi connectivity index (χ3n) is 2.32. The molecule has 1 aromatic heterocycles. The highest BCUT2D eigenvalue weighted by molar-refractivity contribution is 7.98. The molecule has 0 fully saturated rings. The van der Waals surface area contributed by atoms with Crippen LogP contribution in [0.1, 0.15) is 20.4 Å². The topological polar surface area (TPSA) is 39.2 Å². The van der Waals surface area contributed by atoms with Crippen LogP contribution in [0.4, 0.5) is 0 Å². The number of nitrogens with zero attached hydrogens (tertiary/aromatic N) is 1. The molecule has 0 radical (unpaired) electrons. The molecule has 1 aromatic carbocycles. The standard InChI is InChI=1S/C13H13NO2S2/c1-9-12(13(15)16-2)18-11(14-9)8-17-10-6-4-3-5-7-10/h3-7H,8H2,1-2H3. The van der Waals surface area contributed by atoms with E-state index >= 15 is 0 Å². The van der Waals surface area contributed by atoms with Gasteiger partial charge in [0.2, 0.25) is 0 Å². The van der Waals surface area contributed by atoms with E-state index in [1.54, 1.807) is 11.8 Å². The maximum atomic E-state index is 11.5. The van der Waals surface area contributed by atoms with Crippen LogP contribution in [0.3, 0.4) is 0 Å². The molecule has 0 N–H and O–H groups in total. The molecule has 18 heavy (non-hydrogen) atoms. The Hall–Kier alpha value is -1.33. The highest BCUT2D eigenvalue weighted by Crippen LogP contribution is 2.26. The van der Waals surface area contributed by atoms with E-state index in [9.17, 15) is 4.79 Å². The van der Waals surface area contributed by atoms with Gasteiger partial charge in [0, 0.05) is 4.90 Å². The monoisotopic (exact) mass is 279 g/mol. The second-order valence-electron chi connectivity index (χ2n) is 3.62. The van der Waals surface area contributed by atoms with Gasteiger partial charge < -0.3 is 4.74 Å². The van der Waals surface area contributed by atoms with E-state index in [4.69, 9.17) is 4.74 Å². The molecule has 0 saturated carbocycles. The van der Waals surface area contributed by atoms with Crippen LogP contribution >= 0.6 is 23.1 Å². The smallest absolute Gasteiger partial charge is 0.349 e. The van der Waals surface area contributed by atoms with Gasteiger partial charge in [-0.25, -0.2) is 9.78 Å². The molecule has 2 rings (SSSR count). The van der Waals surface area contributed by atoms with Gasteiger partial charge in [-0.05, 0) is 19.1 Å². The molecule has 2 aromatic rings. The fraction of sp³-hybridized carbons (Fsp3) is 0.231. The van der Waals surface area contributed by atoms with E-state index in [-0.39, 0.29) is 5.97 Å². The van der Waals surface area contributed by atoms with Crippen molar-refractivity contribution in [2.45, 2.75) is 17.6 Å². The number of carbonyl (C=O) groups is 1. The summed E-state index contributed by atoms with van der Waals surface area (Å²) >= 11 is 3.12. The number of hydrogen-bond acceptors (Lipinski definition) is 5. The van der Waals surface area contributed by atoms with Crippen LogP contribution < -0.4 is 0 Å². The van der Waals surface area contributed by atoms with Crippen LogP contribution in [0.2, 0.25) is 0 Å². The predicted molar refractivity (Wildman–Crippen MR) is 74.2 cm³/mol. The molecule has 1 heterocycles. The van der Waals surface area contributed by atoms with Crippen molar-refractivity contribution < 1.29 is 9.53 Å². The third-order valence-corrected chi connectivity index (χ3v) is 4.66. The van der Waals surface area contributed by atoms with Crippen molar-refractivity contribution in [2.24, 2.45) is 0 Å². The van der Waals surface area contributed by atoms with Gasteiger partial charge in [-0.15, -0.1) is 23.1 Å². The normalized spacial score (nSPS) is 10.3. The zero-order valence-electron chi connectivity index (χ0n) is 10.2. The number of benzene rings is 1. The van der Waals surface area contributed by atoms with Crippen LogP contribution in [0.15, 0.2) is 35.2 Å². The maximum Gasteiger partial charge on any atom is 0.349 e. The summed E-state index contributed by atoms with van der Waals surface area (Å²) < 4.78 is 4.72. The number of methoxy groups -OCH3 is 1. The van der Waals surface area contributed by atoms with Gasteiger partial charge in [-0.3, -0.25) is 0 Å². The van der Waals surface area contributed by atoms with Crippen molar-refractivity contribution in [2.75, 3.05) is 7.11 Å². The summed E-state index contributed by atoms with van der Waals surface area (Å²) in [6, 6.07) is 10.1. The Balaban J connectivity index is 2.05. The molecule has 0 spiro atoms. The first-order valence-corrected chi connectivity index (χ1v) is 7.23. The summed E-state index contributed by atoms with van der Waals surface area (Å²) in [4.78, 5) is 17.7. The molecule has 0 aliphatic carbocycles. The molecule has 0 aliphatic rings. The lowest BCUT2D eigenvalue weighted by atomic mass is 10.4. The Bertz CT molecular complexity index is 537. The quantitative estimate of drug-likeness (QED) is 0.634. The van der Waals surface area contributed by atoms with Crippen molar-refractivity contribution in [1.82, 2.24) is 4.98 Å². The Morgan fingerprint density at radius 2 is 2.11 bits per heavy atom. The molecular weight excluding hydrogens is 266 g/mol. The van der Waals surface area contributed by atoms with E-state index in [1.165, 1.54) is 23.3 Å². The van der Waals surface area contributed by atoms with Gasteiger partial charge in [-0.2, -0.15) is 0 Å². The molecule has 0 aliphatic heterocycles. The van der Waals surface area contributed by atoms with Crippen LogP contribution in [0.5, 0.6) is 0 Å². The maximum absolute atomic E-state index is 11.5. The van der Waals surface area contributed by atoms with Crippen molar-refractivity contribution in [3.8, 4) is 0 Å². The molecule has 0 bridgehead atoms. The summed E-state index contributed by atoms with van der Waals surface area (Å²) in [6.07, 6.45) is 0. The van der Waals surface area contributed by atoms with E-state index < -0.39 is 0 Å². The first-order valence-electron chi connectivity index (χ1n) is 5.43. The number of thioether (sulfide) groups is 1. The first-order chi connectivity index (χ1) is 8.70. The Kier molecular flexibility index (Phi) is 4.38. The Labute approximate surface area is 114 Å². The molecular formula is C13H13NO2S2. The van der Waals surface area contributed by atoms with E-state index in [0.717, 1.165) is 16.5 Å². The highest BCUT2D eigenvalue weighted by Gasteiger charge is 2.15. The van der Waals surface area contributed by atoms with Gasteiger partial charge >= 0.3 is 5.97 Å². The number of hydrogen-bond donors (Lipinski definition) is 0. The number of carbonyl (C=O) groups excluding carboxylic acids is 1. The van der Waals surface area contributed by atoms with E-state index in [1.807, 2.05) is 25.1 Å². The number of rotatable bonds is 4. The minimum Gasteiger partial charge on any atom is -0.465 e. The number of thiazole rings is 1. The fourth-order valence-corrected chi connectivity index (χ4v) is 3.35. The molecule has 94 valence electrons. The second kappa shape index (κ2) is 6.02. The number of aromatic nitrogens is 1. The van der Waals surface area contributed by atoms with Crippen LogP contribution in [-0.4, -0.2) is 18.1 Å². The summed E-state index contributed by atoms with van der Waals surface area (Å²) in [5, 5.41) is 0.946. The summed E-state index contributed by atoms with van der Waals surface area (Å²) in [5.74, 6) is 0.466. The van der Waals surface area contributed by atoms with E-state index in [0.29, 0.717) is 4.88 Å². The first kappa shape index (κ1) is 13.1. The summed E-state index contributed by atoms with van der Waals surface area (Å²) in [5.41, 5.74) is 0.746. The lowest BCUT2D eigenvalue weighted by molar-refractivity contribution is 0.0605. The lowest BCUT2D eigenvalue weighted by Crippen LogP contribution is -1.99. The minimum atomic E-state index is -0.305. The van der Waals surface area contributed by atoms with Gasteiger partial charge in [0.15, 0.2) is 0 Å². The van der Waals surface area contributed by atoms with Crippen molar-refractivity contribution >= 4 is 29.1 Å². The molecule has 0 saturated heterocycles. The van der Waals surface area contributed by atoms with E-state index in [2.05, 4.69) is 17.1 Å². The van der Waals surface area contributed by atoms with Gasteiger partial charge in [0.25, 0.3) is 0 Å². The van der Waals surface area contributed by atoms with Crippen LogP contribution in [-0.2, 0) is 10.5 Å². The molecule has 3 nitrogen and oxygen atoms in total. The van der Waals surface area contributed by atoms with Crippen LogP contribution in [0.25, 0.3) is 0 Å². The molecule has 0 atom stereocenters. The van der Waals surface area contributed by atoms with Gasteiger partial charge in [0.1, 0.15) is 9.88 Å². The number of esters is 1. The Morgan fingerprint density at radius 1 is 1.39 bits per heavy atom. The highest BCUT2D eigenvalue weighted by atomic mass is 32.2. The average molecular weight is 279 g/mol. The van der Waals surface area contributed by atoms with Crippen molar-refractivity contribution in [1.29, 1.82) is 0 Å². The third kappa shape index (κ3) is 3.11. The van der Waals surface area contributed by atoms with Crippen molar-refractivity contribution in [3.63, 3.8) is 0 Å². The lowest BCUT2D eigenvalue weighted by Gasteiger charge is -1.97. The zero-order chi connectivity index (χ0) is 13.0. The van der Waals surface area contributed by atoms with Crippen LogP contribution in [0, 0.1) is 6.92 Å². The van der Waals surface area contributed by atoms with Gasteiger partial charge in [0.05, 0.1) is 18.6 Å². The SMILES string of the molecule is COC(=O)c1sc(CSc2ccccc2)nc1C. The van der Waals surface area contributed by atoms with Gasteiger partial charge in [-0.1, -0.05) is 18.2 Å².